The minimum absolute atomic E-state index is 0. The van der Waals surface area contributed by atoms with Crippen LogP contribution in [0.4, 0.5) is 0 Å². The zero-order valence-corrected chi connectivity index (χ0v) is 23.5. The number of quaternary nitrogens is 1. The molecule has 0 fully saturated rings. The molecular formula is C30H27Cl3N2O4. The summed E-state index contributed by atoms with van der Waals surface area (Å²) >= 11 is 12.2. The molecule has 1 heterocycles. The third-order valence-corrected chi connectivity index (χ3v) is 6.66. The third-order valence-electron chi connectivity index (χ3n) is 6.15. The summed E-state index contributed by atoms with van der Waals surface area (Å²) in [6.45, 7) is 1.39. The van der Waals surface area contributed by atoms with Crippen molar-refractivity contribution in [1.29, 1.82) is 0 Å². The van der Waals surface area contributed by atoms with Crippen molar-refractivity contribution in [3.63, 3.8) is 0 Å². The van der Waals surface area contributed by atoms with Crippen LogP contribution in [0.15, 0.2) is 89.9 Å². The smallest absolute Gasteiger partial charge is 0.365 e. The highest BCUT2D eigenvalue weighted by atomic mass is 35.5. The van der Waals surface area contributed by atoms with Gasteiger partial charge in [-0.3, -0.25) is 9.59 Å². The van der Waals surface area contributed by atoms with Gasteiger partial charge in [-0.2, -0.15) is 0 Å². The predicted octanol–water partition coefficient (Wildman–Crippen LogP) is 2.09. The van der Waals surface area contributed by atoms with Crippen LogP contribution < -0.4 is 23.7 Å². The van der Waals surface area contributed by atoms with Crippen molar-refractivity contribution in [2.24, 2.45) is 0 Å². The molecule has 0 aliphatic heterocycles. The molecule has 4 rings (SSSR count). The van der Waals surface area contributed by atoms with Crippen molar-refractivity contribution in [1.82, 2.24) is 4.57 Å². The van der Waals surface area contributed by atoms with Gasteiger partial charge < -0.3 is 27.4 Å². The fourth-order valence-corrected chi connectivity index (χ4v) is 4.52. The van der Waals surface area contributed by atoms with Gasteiger partial charge in [0.15, 0.2) is 11.8 Å². The molecule has 3 N–H and O–H groups in total. The van der Waals surface area contributed by atoms with Crippen molar-refractivity contribution in [3.05, 3.63) is 117 Å². The Morgan fingerprint density at radius 1 is 0.897 bits per heavy atom. The zero-order chi connectivity index (χ0) is 27.2. The minimum Gasteiger partial charge on any atom is -1.00 e. The molecule has 4 aromatic rings. The van der Waals surface area contributed by atoms with Gasteiger partial charge in [0.1, 0.15) is 6.61 Å². The molecule has 0 saturated heterocycles. The van der Waals surface area contributed by atoms with Crippen LogP contribution in [0, 0.1) is 0 Å². The number of benzene rings is 3. The summed E-state index contributed by atoms with van der Waals surface area (Å²) in [6.07, 6.45) is 2.13. The van der Waals surface area contributed by atoms with Gasteiger partial charge in [0.25, 0.3) is 5.56 Å². The topological polar surface area (TPSA) is 93.0 Å². The van der Waals surface area contributed by atoms with E-state index >= 15 is 0 Å². The van der Waals surface area contributed by atoms with Gasteiger partial charge in [-0.25, -0.2) is 4.79 Å². The van der Waals surface area contributed by atoms with E-state index in [2.05, 4.69) is 5.73 Å². The van der Waals surface area contributed by atoms with Crippen molar-refractivity contribution in [2.45, 2.75) is 25.9 Å². The van der Waals surface area contributed by atoms with E-state index in [0.717, 1.165) is 11.1 Å². The molecule has 1 atom stereocenters. The van der Waals surface area contributed by atoms with E-state index in [1.165, 1.54) is 11.5 Å². The Hall–Kier alpha value is -3.42. The number of hydrogen-bond acceptors (Lipinski definition) is 4. The van der Waals surface area contributed by atoms with E-state index in [4.69, 9.17) is 27.9 Å². The number of esters is 1. The van der Waals surface area contributed by atoms with Crippen LogP contribution in [-0.4, -0.2) is 29.0 Å². The lowest BCUT2D eigenvalue weighted by Crippen LogP contribution is -3.00. The van der Waals surface area contributed by atoms with E-state index in [1.807, 2.05) is 42.5 Å². The number of ether oxygens (including phenoxy) is 1. The summed E-state index contributed by atoms with van der Waals surface area (Å²) in [4.78, 5) is 38.8. The number of pyridine rings is 1. The molecule has 202 valence electrons. The Morgan fingerprint density at radius 2 is 1.46 bits per heavy atom. The summed E-state index contributed by atoms with van der Waals surface area (Å²) in [5, 5.41) is 1.10. The molecular weight excluding hydrogens is 559 g/mol. The first-order valence-corrected chi connectivity index (χ1v) is 12.8. The minimum atomic E-state index is -0.584. The predicted molar refractivity (Wildman–Crippen MR) is 149 cm³/mol. The average molecular weight is 586 g/mol. The average Bonchev–Trinajstić information content (AvgIpc) is 2.90. The Balaban J connectivity index is 0.00000420. The monoisotopic (exact) mass is 584 g/mol. The molecule has 0 aliphatic rings. The molecule has 0 radical (unpaired) electrons. The molecule has 9 heteroatoms. The molecule has 0 saturated carbocycles. The third kappa shape index (κ3) is 7.37. The molecule has 0 spiro atoms. The van der Waals surface area contributed by atoms with Crippen molar-refractivity contribution >= 4 is 35.0 Å². The van der Waals surface area contributed by atoms with Crippen LogP contribution in [0.2, 0.25) is 10.0 Å². The van der Waals surface area contributed by atoms with Crippen LogP contribution in [0.1, 0.15) is 22.8 Å². The Labute approximate surface area is 242 Å². The van der Waals surface area contributed by atoms with E-state index in [-0.39, 0.29) is 36.9 Å². The van der Waals surface area contributed by atoms with Crippen molar-refractivity contribution < 1.29 is 32.5 Å². The summed E-state index contributed by atoms with van der Waals surface area (Å²) < 4.78 is 6.85. The van der Waals surface area contributed by atoms with Gasteiger partial charge in [-0.05, 0) is 47.9 Å². The number of aromatic nitrogens is 1. The summed E-state index contributed by atoms with van der Waals surface area (Å²) in [5.74, 6) is -0.827. The van der Waals surface area contributed by atoms with E-state index in [0.29, 0.717) is 33.2 Å². The normalized spacial score (nSPS) is 11.4. The lowest BCUT2D eigenvalue weighted by Gasteiger charge is -2.18. The van der Waals surface area contributed by atoms with Gasteiger partial charge in [0, 0.05) is 33.8 Å². The highest BCUT2D eigenvalue weighted by Crippen LogP contribution is 2.35. The van der Waals surface area contributed by atoms with Crippen molar-refractivity contribution in [2.75, 3.05) is 6.61 Å². The van der Waals surface area contributed by atoms with Crippen molar-refractivity contribution in [3.8, 4) is 22.3 Å². The number of hydrogen-bond donors (Lipinski definition) is 1. The maximum absolute atomic E-state index is 13.5. The fourth-order valence-electron chi connectivity index (χ4n) is 4.27. The van der Waals surface area contributed by atoms with Gasteiger partial charge in [-0.1, -0.05) is 77.8 Å². The van der Waals surface area contributed by atoms with Crippen LogP contribution >= 0.6 is 23.2 Å². The fraction of sp³-hybridized carbons (Fsp3) is 0.167. The Morgan fingerprint density at radius 3 is 2.03 bits per heavy atom. The Kier molecular flexibility index (Phi) is 10.5. The molecule has 6 nitrogen and oxygen atoms in total. The molecule has 0 amide bonds. The van der Waals surface area contributed by atoms with E-state index in [1.54, 1.807) is 42.6 Å². The van der Waals surface area contributed by atoms with E-state index in [9.17, 15) is 14.4 Å². The SMILES string of the molecule is CC(=O)c1c(-c2ccc(Cl)cc2)c(-c2ccc(Cl)cc2)cn(CCOC(=O)C([NH3+])Cc2ccccc2)c1=O.[Cl-]. The molecule has 0 bridgehead atoms. The number of rotatable bonds is 9. The Bertz CT molecular complexity index is 1500. The number of ketones is 1. The highest BCUT2D eigenvalue weighted by molar-refractivity contribution is 6.31. The molecule has 39 heavy (non-hydrogen) atoms. The van der Waals surface area contributed by atoms with Gasteiger partial charge in [0.05, 0.1) is 12.1 Å². The quantitative estimate of drug-likeness (QED) is 0.241. The standard InChI is InChI=1S/C30H26Cl2N2O4.ClH/c1-19(35)27-28(22-9-13-24(32)14-10-22)25(21-7-11-23(31)12-8-21)18-34(29(27)36)15-16-38-30(37)26(33)17-20-5-3-2-4-6-20;/h2-14,18,26H,15-17,33H2,1H3;1H. The maximum Gasteiger partial charge on any atom is 0.365 e. The number of carbonyl (C=O) groups excluding carboxylic acids is 2. The van der Waals surface area contributed by atoms with Gasteiger partial charge in [0.2, 0.25) is 0 Å². The number of halogens is 3. The second-order valence-electron chi connectivity index (χ2n) is 8.92. The first-order chi connectivity index (χ1) is 18.2. The lowest BCUT2D eigenvalue weighted by atomic mass is 9.91. The number of Topliss-reactive ketones (excluding diaryl/α,β-unsaturated/α-hetero) is 1. The summed E-state index contributed by atoms with van der Waals surface area (Å²) in [6, 6.07) is 23.1. The molecule has 1 unspecified atom stereocenters. The number of nitrogens with zero attached hydrogens (tertiary/aromatic N) is 1. The molecule has 0 aliphatic carbocycles. The largest absolute Gasteiger partial charge is 1.00 e. The van der Waals surface area contributed by atoms with Crippen LogP contribution in [0.25, 0.3) is 22.3 Å². The summed E-state index contributed by atoms with van der Waals surface area (Å²) in [5.41, 5.74) is 7.11. The second kappa shape index (κ2) is 13.6. The first-order valence-electron chi connectivity index (χ1n) is 12.1. The van der Waals surface area contributed by atoms with Crippen LogP contribution in [0.5, 0.6) is 0 Å². The maximum atomic E-state index is 13.5. The zero-order valence-electron chi connectivity index (χ0n) is 21.2. The lowest BCUT2D eigenvalue weighted by molar-refractivity contribution is -0.407. The van der Waals surface area contributed by atoms with Crippen LogP contribution in [0.3, 0.4) is 0 Å². The summed E-state index contributed by atoms with van der Waals surface area (Å²) in [7, 11) is 0. The van der Waals surface area contributed by atoms with Gasteiger partial charge in [-0.15, -0.1) is 0 Å². The van der Waals surface area contributed by atoms with Crippen LogP contribution in [-0.2, 0) is 22.5 Å². The second-order valence-corrected chi connectivity index (χ2v) is 9.79. The number of carbonyl (C=O) groups is 2. The van der Waals surface area contributed by atoms with E-state index < -0.39 is 17.6 Å². The first kappa shape index (κ1) is 30.1. The molecule has 1 aromatic heterocycles. The molecule has 3 aromatic carbocycles. The van der Waals surface area contributed by atoms with Gasteiger partial charge >= 0.3 is 5.97 Å². The highest BCUT2D eigenvalue weighted by Gasteiger charge is 2.23.